The Hall–Kier alpha value is -0.220. The Morgan fingerprint density at radius 1 is 1.89 bits per heavy atom. The number of amides is 1. The Kier molecular flexibility index (Phi) is 1.97. The fraction of sp³-hybridized carbons (Fsp3) is 0.800. The van der Waals surface area contributed by atoms with Crippen LogP contribution in [0.25, 0.3) is 0 Å². The molecule has 0 aromatic carbocycles. The SMILES string of the molecule is CC[C@@H]1SC(O)NC1=O. The minimum atomic E-state index is -0.678. The van der Waals surface area contributed by atoms with Crippen LogP contribution < -0.4 is 5.32 Å². The van der Waals surface area contributed by atoms with Gasteiger partial charge in [-0.1, -0.05) is 18.7 Å². The molecule has 0 saturated carbocycles. The van der Waals surface area contributed by atoms with E-state index in [2.05, 4.69) is 5.32 Å². The predicted molar refractivity (Wildman–Crippen MR) is 35.8 cm³/mol. The van der Waals surface area contributed by atoms with Crippen LogP contribution in [0.3, 0.4) is 0 Å². The summed E-state index contributed by atoms with van der Waals surface area (Å²) in [6, 6.07) is 0. The number of aliphatic hydroxyl groups excluding tert-OH is 1. The lowest BCUT2D eigenvalue weighted by Crippen LogP contribution is -2.26. The van der Waals surface area contributed by atoms with E-state index in [4.69, 9.17) is 5.11 Å². The first-order valence-electron chi connectivity index (χ1n) is 2.88. The van der Waals surface area contributed by atoms with E-state index >= 15 is 0 Å². The summed E-state index contributed by atoms with van der Waals surface area (Å²) in [5.74, 6) is -0.0463. The molecule has 1 unspecified atom stereocenters. The molecular formula is C5H9NO2S. The third kappa shape index (κ3) is 1.37. The number of nitrogens with one attached hydrogen (secondary N) is 1. The second-order valence-electron chi connectivity index (χ2n) is 1.89. The molecule has 0 bridgehead atoms. The van der Waals surface area contributed by atoms with Gasteiger partial charge in [-0.2, -0.15) is 0 Å². The van der Waals surface area contributed by atoms with Crippen molar-refractivity contribution in [1.82, 2.24) is 5.32 Å². The summed E-state index contributed by atoms with van der Waals surface area (Å²) < 4.78 is 0. The molecule has 1 rings (SSSR count). The molecule has 1 amide bonds. The summed E-state index contributed by atoms with van der Waals surface area (Å²) in [7, 11) is 0. The van der Waals surface area contributed by atoms with E-state index < -0.39 is 5.56 Å². The van der Waals surface area contributed by atoms with Crippen molar-refractivity contribution in [2.75, 3.05) is 0 Å². The van der Waals surface area contributed by atoms with Gasteiger partial charge in [-0.15, -0.1) is 0 Å². The van der Waals surface area contributed by atoms with Crippen molar-refractivity contribution in [2.24, 2.45) is 0 Å². The van der Waals surface area contributed by atoms with Gasteiger partial charge in [-0.3, -0.25) is 4.79 Å². The maximum atomic E-state index is 10.7. The quantitative estimate of drug-likeness (QED) is 0.544. The molecule has 0 aromatic heterocycles. The Morgan fingerprint density at radius 3 is 2.78 bits per heavy atom. The molecule has 1 aliphatic rings. The molecule has 52 valence electrons. The molecule has 0 spiro atoms. The van der Waals surface area contributed by atoms with Crippen LogP contribution in [0.5, 0.6) is 0 Å². The van der Waals surface area contributed by atoms with Crippen molar-refractivity contribution in [3.05, 3.63) is 0 Å². The highest BCUT2D eigenvalue weighted by Crippen LogP contribution is 2.23. The summed E-state index contributed by atoms with van der Waals surface area (Å²) in [6.45, 7) is 1.93. The zero-order chi connectivity index (χ0) is 6.85. The van der Waals surface area contributed by atoms with Gasteiger partial charge >= 0.3 is 0 Å². The molecule has 1 heterocycles. The topological polar surface area (TPSA) is 49.3 Å². The summed E-state index contributed by atoms with van der Waals surface area (Å²) in [5.41, 5.74) is -0.678. The predicted octanol–water partition coefficient (Wildman–Crippen LogP) is -0.0961. The second kappa shape index (κ2) is 2.58. The summed E-state index contributed by atoms with van der Waals surface area (Å²) in [4.78, 5) is 10.7. The van der Waals surface area contributed by atoms with Gasteiger partial charge < -0.3 is 10.4 Å². The van der Waals surface area contributed by atoms with Crippen LogP contribution in [0.4, 0.5) is 0 Å². The molecule has 1 saturated heterocycles. The van der Waals surface area contributed by atoms with Crippen LogP contribution in [0.2, 0.25) is 0 Å². The van der Waals surface area contributed by atoms with E-state index in [1.165, 1.54) is 11.8 Å². The van der Waals surface area contributed by atoms with Crippen molar-refractivity contribution >= 4 is 17.7 Å². The number of hydrogen-bond acceptors (Lipinski definition) is 3. The van der Waals surface area contributed by atoms with Crippen molar-refractivity contribution in [1.29, 1.82) is 0 Å². The number of thioether (sulfide) groups is 1. The molecule has 0 aliphatic carbocycles. The first-order chi connectivity index (χ1) is 4.24. The number of carbonyl (C=O) groups is 1. The van der Waals surface area contributed by atoms with Crippen molar-refractivity contribution in [3.63, 3.8) is 0 Å². The Balaban J connectivity index is 2.48. The number of aliphatic hydroxyl groups is 1. The first kappa shape index (κ1) is 6.89. The van der Waals surface area contributed by atoms with Crippen molar-refractivity contribution < 1.29 is 9.90 Å². The molecular weight excluding hydrogens is 138 g/mol. The van der Waals surface area contributed by atoms with Crippen LogP contribution in [0.15, 0.2) is 0 Å². The van der Waals surface area contributed by atoms with Gasteiger partial charge in [-0.05, 0) is 6.42 Å². The normalized spacial score (nSPS) is 34.7. The highest BCUT2D eigenvalue weighted by atomic mass is 32.2. The maximum absolute atomic E-state index is 10.7. The van der Waals surface area contributed by atoms with E-state index in [0.29, 0.717) is 0 Å². The first-order valence-corrected chi connectivity index (χ1v) is 3.82. The molecule has 3 nitrogen and oxygen atoms in total. The highest BCUT2D eigenvalue weighted by molar-refractivity contribution is 8.01. The van der Waals surface area contributed by atoms with Crippen molar-refractivity contribution in [2.45, 2.75) is 24.2 Å². The fourth-order valence-electron chi connectivity index (χ4n) is 0.748. The van der Waals surface area contributed by atoms with E-state index in [1.807, 2.05) is 6.92 Å². The van der Waals surface area contributed by atoms with Gasteiger partial charge in [0.1, 0.15) is 0 Å². The smallest absolute Gasteiger partial charge is 0.235 e. The molecule has 2 atom stereocenters. The fourth-order valence-corrected chi connectivity index (χ4v) is 1.63. The van der Waals surface area contributed by atoms with Crippen LogP contribution in [0.1, 0.15) is 13.3 Å². The number of carbonyl (C=O) groups excluding carboxylic acids is 1. The Labute approximate surface area is 57.8 Å². The molecule has 1 aliphatic heterocycles. The van der Waals surface area contributed by atoms with E-state index in [0.717, 1.165) is 6.42 Å². The zero-order valence-electron chi connectivity index (χ0n) is 5.13. The maximum Gasteiger partial charge on any atom is 0.235 e. The van der Waals surface area contributed by atoms with E-state index in [-0.39, 0.29) is 11.2 Å². The van der Waals surface area contributed by atoms with Crippen LogP contribution in [0, 0.1) is 0 Å². The number of hydrogen-bond donors (Lipinski definition) is 2. The largest absolute Gasteiger partial charge is 0.365 e. The lowest BCUT2D eigenvalue weighted by molar-refractivity contribution is -0.121. The average molecular weight is 147 g/mol. The van der Waals surface area contributed by atoms with Gasteiger partial charge in [-0.25, -0.2) is 0 Å². The van der Waals surface area contributed by atoms with Crippen LogP contribution in [-0.2, 0) is 4.79 Å². The third-order valence-corrected chi connectivity index (χ3v) is 2.47. The van der Waals surface area contributed by atoms with Gasteiger partial charge in [0.15, 0.2) is 5.56 Å². The molecule has 9 heavy (non-hydrogen) atoms. The standard InChI is InChI=1S/C5H9NO2S/c1-2-3-4(7)6-5(8)9-3/h3,5,8H,2H2,1H3,(H,6,7)/t3-,5?/m0/s1. The van der Waals surface area contributed by atoms with Crippen LogP contribution in [-0.4, -0.2) is 21.8 Å². The highest BCUT2D eigenvalue weighted by Gasteiger charge is 2.29. The molecule has 0 aromatic rings. The molecule has 1 fully saturated rings. The lowest BCUT2D eigenvalue weighted by atomic mass is 10.3. The summed E-state index contributed by atoms with van der Waals surface area (Å²) in [5, 5.41) is 11.2. The van der Waals surface area contributed by atoms with E-state index in [9.17, 15) is 4.79 Å². The molecule has 2 N–H and O–H groups in total. The summed E-state index contributed by atoms with van der Waals surface area (Å²) in [6.07, 6.45) is 0.785. The minimum Gasteiger partial charge on any atom is -0.365 e. The van der Waals surface area contributed by atoms with Gasteiger partial charge in [0.05, 0.1) is 5.25 Å². The van der Waals surface area contributed by atoms with Gasteiger partial charge in [0, 0.05) is 0 Å². The Morgan fingerprint density at radius 2 is 2.56 bits per heavy atom. The van der Waals surface area contributed by atoms with E-state index in [1.54, 1.807) is 0 Å². The molecule has 4 heteroatoms. The Bertz CT molecular complexity index is 128. The summed E-state index contributed by atoms with van der Waals surface area (Å²) >= 11 is 1.27. The van der Waals surface area contributed by atoms with Gasteiger partial charge in [0.2, 0.25) is 5.91 Å². The molecule has 0 radical (unpaired) electrons. The van der Waals surface area contributed by atoms with Gasteiger partial charge in [0.25, 0.3) is 0 Å². The van der Waals surface area contributed by atoms with Crippen LogP contribution >= 0.6 is 11.8 Å². The lowest BCUT2D eigenvalue weighted by Gasteiger charge is -1.97. The second-order valence-corrected chi connectivity index (χ2v) is 3.18. The third-order valence-electron chi connectivity index (χ3n) is 1.22. The van der Waals surface area contributed by atoms with Crippen molar-refractivity contribution in [3.8, 4) is 0 Å². The zero-order valence-corrected chi connectivity index (χ0v) is 5.94. The minimum absolute atomic E-state index is 0.0417. The monoisotopic (exact) mass is 147 g/mol. The average Bonchev–Trinajstić information content (AvgIpc) is 2.10. The number of rotatable bonds is 1.